The van der Waals surface area contributed by atoms with E-state index >= 15 is 0 Å². The Morgan fingerprint density at radius 2 is 2.31 bits per heavy atom. The monoisotopic (exact) mass is 219 g/mol. The molecule has 0 aliphatic carbocycles. The van der Waals surface area contributed by atoms with E-state index in [0.29, 0.717) is 0 Å². The summed E-state index contributed by atoms with van der Waals surface area (Å²) in [6, 6.07) is 4.31. The summed E-state index contributed by atoms with van der Waals surface area (Å²) in [6.07, 6.45) is 0. The van der Waals surface area contributed by atoms with Gasteiger partial charge in [-0.2, -0.15) is 0 Å². The van der Waals surface area contributed by atoms with Crippen molar-refractivity contribution in [2.75, 3.05) is 0 Å². The smallest absolute Gasteiger partial charge is 0.282 e. The highest BCUT2D eigenvalue weighted by Crippen LogP contribution is 2.20. The van der Waals surface area contributed by atoms with E-state index in [-0.39, 0.29) is 5.82 Å². The quantitative estimate of drug-likeness (QED) is 0.471. The topological polar surface area (TPSA) is 29.1 Å². The molecule has 0 unspecified atom stereocenters. The van der Waals surface area contributed by atoms with Crippen molar-refractivity contribution >= 4 is 28.9 Å². The number of carbonyl (C=O) groups excluding carboxylic acids is 1. The molecule has 70 valence electrons. The molecule has 0 atom stereocenters. The zero-order valence-electron chi connectivity index (χ0n) is 6.80. The summed E-state index contributed by atoms with van der Waals surface area (Å²) in [5.41, 5.74) is 0.760. The second-order valence-electron chi connectivity index (χ2n) is 2.39. The predicted molar refractivity (Wildman–Crippen MR) is 51.4 cm³/mol. The number of nitrogens with one attached hydrogen (secondary N) is 1. The standard InChI is InChI=1S/C8H7ClFNOS/c1-5-4-6(10)2-3-7(5)13-11-8(9)12/h2-4H,1H3,(H,11,12). The van der Waals surface area contributed by atoms with Crippen LogP contribution < -0.4 is 4.72 Å². The van der Waals surface area contributed by atoms with Crippen molar-refractivity contribution in [1.82, 2.24) is 4.72 Å². The first kappa shape index (κ1) is 10.3. The highest BCUT2D eigenvalue weighted by molar-refractivity contribution is 7.98. The Morgan fingerprint density at radius 1 is 1.62 bits per heavy atom. The van der Waals surface area contributed by atoms with Crippen molar-refractivity contribution in [1.29, 1.82) is 0 Å². The van der Waals surface area contributed by atoms with Gasteiger partial charge in [0.25, 0.3) is 0 Å². The molecular formula is C8H7ClFNOS. The number of hydrogen-bond donors (Lipinski definition) is 1. The van der Waals surface area contributed by atoms with Crippen LogP contribution in [0, 0.1) is 12.7 Å². The maximum absolute atomic E-state index is 12.6. The van der Waals surface area contributed by atoms with Crippen LogP contribution in [0.1, 0.15) is 5.56 Å². The molecule has 0 aliphatic heterocycles. The van der Waals surface area contributed by atoms with E-state index in [1.165, 1.54) is 12.1 Å². The molecule has 0 radical (unpaired) electrons. The van der Waals surface area contributed by atoms with Crippen LogP contribution in [0.3, 0.4) is 0 Å². The third-order valence-corrected chi connectivity index (χ3v) is 2.55. The SMILES string of the molecule is Cc1cc(F)ccc1SNC(=O)Cl. The van der Waals surface area contributed by atoms with Gasteiger partial charge in [-0.1, -0.05) is 0 Å². The molecule has 0 aromatic heterocycles. The molecule has 5 heteroatoms. The Bertz CT molecular complexity index is 332. The lowest BCUT2D eigenvalue weighted by atomic mass is 10.2. The Hall–Kier alpha value is -0.740. The normalized spacial score (nSPS) is 9.77. The molecule has 0 bridgehead atoms. The lowest BCUT2D eigenvalue weighted by Gasteiger charge is -2.03. The van der Waals surface area contributed by atoms with Gasteiger partial charge in [0.2, 0.25) is 0 Å². The van der Waals surface area contributed by atoms with Gasteiger partial charge in [-0.25, -0.2) is 4.39 Å². The van der Waals surface area contributed by atoms with E-state index in [0.717, 1.165) is 22.4 Å². The molecule has 0 saturated heterocycles. The van der Waals surface area contributed by atoms with E-state index in [2.05, 4.69) is 4.72 Å². The average molecular weight is 220 g/mol. The highest BCUT2D eigenvalue weighted by Gasteiger charge is 2.01. The largest absolute Gasteiger partial charge is 0.323 e. The van der Waals surface area contributed by atoms with Crippen molar-refractivity contribution in [2.45, 2.75) is 11.8 Å². The van der Waals surface area contributed by atoms with E-state index < -0.39 is 5.37 Å². The molecule has 0 fully saturated rings. The van der Waals surface area contributed by atoms with E-state index in [9.17, 15) is 9.18 Å². The Labute approximate surface area is 84.6 Å². The van der Waals surface area contributed by atoms with Gasteiger partial charge in [-0.3, -0.25) is 9.52 Å². The summed E-state index contributed by atoms with van der Waals surface area (Å²) in [5, 5.41) is -0.645. The predicted octanol–water partition coefficient (Wildman–Crippen LogP) is 3.09. The minimum absolute atomic E-state index is 0.293. The van der Waals surface area contributed by atoms with Crippen molar-refractivity contribution in [3.05, 3.63) is 29.6 Å². The van der Waals surface area contributed by atoms with Crippen LogP contribution in [0.2, 0.25) is 0 Å². The molecule has 1 aromatic carbocycles. The summed E-state index contributed by atoms with van der Waals surface area (Å²) < 4.78 is 15.0. The molecule has 0 heterocycles. The third-order valence-electron chi connectivity index (χ3n) is 1.38. The van der Waals surface area contributed by atoms with E-state index in [4.69, 9.17) is 11.6 Å². The number of aryl methyl sites for hydroxylation is 1. The number of rotatable bonds is 2. The zero-order chi connectivity index (χ0) is 9.84. The fourth-order valence-corrected chi connectivity index (χ4v) is 1.48. The summed E-state index contributed by atoms with van der Waals surface area (Å²) in [5.74, 6) is -0.293. The third kappa shape index (κ3) is 3.24. The molecule has 13 heavy (non-hydrogen) atoms. The first-order valence-electron chi connectivity index (χ1n) is 3.48. The van der Waals surface area contributed by atoms with Crippen LogP contribution >= 0.6 is 23.5 Å². The van der Waals surface area contributed by atoms with E-state index in [1.54, 1.807) is 13.0 Å². The molecule has 1 N–H and O–H groups in total. The molecule has 0 aliphatic rings. The van der Waals surface area contributed by atoms with Gasteiger partial charge in [0.15, 0.2) is 0 Å². The van der Waals surface area contributed by atoms with Crippen LogP contribution in [0.15, 0.2) is 23.1 Å². The molecular weight excluding hydrogens is 213 g/mol. The summed E-state index contributed by atoms with van der Waals surface area (Å²) in [6.45, 7) is 1.76. The Morgan fingerprint density at radius 3 is 2.85 bits per heavy atom. The van der Waals surface area contributed by atoms with Gasteiger partial charge in [0.05, 0.1) is 0 Å². The Kier molecular flexibility index (Phi) is 3.57. The van der Waals surface area contributed by atoms with Crippen LogP contribution in [0.4, 0.5) is 9.18 Å². The number of hydrogen-bond acceptors (Lipinski definition) is 2. The van der Waals surface area contributed by atoms with Gasteiger partial charge in [0.1, 0.15) is 5.82 Å². The zero-order valence-corrected chi connectivity index (χ0v) is 8.38. The van der Waals surface area contributed by atoms with Crippen LogP contribution in [-0.2, 0) is 0 Å². The van der Waals surface area contributed by atoms with Crippen molar-refractivity contribution in [3.8, 4) is 0 Å². The van der Waals surface area contributed by atoms with Crippen molar-refractivity contribution in [2.24, 2.45) is 0 Å². The number of halogens is 2. The summed E-state index contributed by atoms with van der Waals surface area (Å²) in [4.78, 5) is 11.1. The van der Waals surface area contributed by atoms with Gasteiger partial charge >= 0.3 is 5.37 Å². The van der Waals surface area contributed by atoms with Crippen LogP contribution in [0.5, 0.6) is 0 Å². The minimum Gasteiger partial charge on any atom is -0.282 e. The lowest BCUT2D eigenvalue weighted by Crippen LogP contribution is -2.05. The van der Waals surface area contributed by atoms with Crippen LogP contribution in [0.25, 0.3) is 0 Å². The summed E-state index contributed by atoms with van der Waals surface area (Å²) in [7, 11) is 0. The number of amides is 1. The van der Waals surface area contributed by atoms with E-state index in [1.807, 2.05) is 0 Å². The molecule has 1 aromatic rings. The van der Waals surface area contributed by atoms with Crippen molar-refractivity contribution in [3.63, 3.8) is 0 Å². The van der Waals surface area contributed by atoms with Gasteiger partial charge in [-0.15, -0.1) is 0 Å². The maximum Gasteiger partial charge on any atom is 0.323 e. The number of carbonyl (C=O) groups is 1. The average Bonchev–Trinajstić information content (AvgIpc) is 2.02. The van der Waals surface area contributed by atoms with Crippen molar-refractivity contribution < 1.29 is 9.18 Å². The van der Waals surface area contributed by atoms with Gasteiger partial charge in [-0.05, 0) is 54.2 Å². The molecule has 1 rings (SSSR count). The molecule has 0 spiro atoms. The lowest BCUT2D eigenvalue weighted by molar-refractivity contribution is 0.264. The van der Waals surface area contributed by atoms with Gasteiger partial charge in [0, 0.05) is 4.90 Å². The Balaban J connectivity index is 2.72. The first-order valence-corrected chi connectivity index (χ1v) is 4.67. The molecule has 1 amide bonds. The molecule has 0 saturated carbocycles. The highest BCUT2D eigenvalue weighted by atomic mass is 35.5. The molecule has 2 nitrogen and oxygen atoms in total. The second-order valence-corrected chi connectivity index (χ2v) is 3.58. The number of benzene rings is 1. The van der Waals surface area contributed by atoms with Crippen LogP contribution in [-0.4, -0.2) is 5.37 Å². The second kappa shape index (κ2) is 4.48. The maximum atomic E-state index is 12.6. The fourth-order valence-electron chi connectivity index (χ4n) is 0.822. The summed E-state index contributed by atoms with van der Waals surface area (Å²) >= 11 is 6.13. The minimum atomic E-state index is -0.645. The fraction of sp³-hybridized carbons (Fsp3) is 0.125. The first-order chi connectivity index (χ1) is 6.09. The van der Waals surface area contributed by atoms with Gasteiger partial charge < -0.3 is 0 Å².